The summed E-state index contributed by atoms with van der Waals surface area (Å²) in [5, 5.41) is 11.5. The van der Waals surface area contributed by atoms with Crippen LogP contribution in [0.25, 0.3) is 0 Å². The molecule has 0 aliphatic carbocycles. The Balaban J connectivity index is 1.58. The van der Waals surface area contributed by atoms with Crippen molar-refractivity contribution in [3.8, 4) is 0 Å². The number of carboxylic acids is 1. The minimum Gasteiger partial charge on any atom is -0.475 e. The zero-order valence-corrected chi connectivity index (χ0v) is 13.8. The van der Waals surface area contributed by atoms with Crippen molar-refractivity contribution >= 4 is 35.4 Å². The molecule has 2 aromatic rings. The second-order valence-electron chi connectivity index (χ2n) is 4.95. The summed E-state index contributed by atoms with van der Waals surface area (Å²) < 4.78 is 5.56. The van der Waals surface area contributed by atoms with Gasteiger partial charge in [-0.05, 0) is 29.8 Å². The lowest BCUT2D eigenvalue weighted by atomic mass is 10.1. The van der Waals surface area contributed by atoms with Crippen molar-refractivity contribution in [2.24, 2.45) is 0 Å². The van der Waals surface area contributed by atoms with Crippen molar-refractivity contribution in [1.82, 2.24) is 5.32 Å². The predicted octanol–water partition coefficient (Wildman–Crippen LogP) is 3.39. The van der Waals surface area contributed by atoms with Crippen LogP contribution in [-0.4, -0.2) is 28.5 Å². The van der Waals surface area contributed by atoms with Crippen molar-refractivity contribution in [3.05, 3.63) is 59.0 Å². The first kappa shape index (κ1) is 16.0. The van der Waals surface area contributed by atoms with Crippen LogP contribution in [-0.2, 0) is 6.54 Å². The molecule has 2 N–H and O–H groups in total. The van der Waals surface area contributed by atoms with Crippen LogP contribution in [0.5, 0.6) is 0 Å². The molecule has 0 saturated carbocycles. The van der Waals surface area contributed by atoms with Gasteiger partial charge in [-0.2, -0.15) is 0 Å². The first-order chi connectivity index (χ1) is 11.1. The van der Waals surface area contributed by atoms with Crippen LogP contribution in [0.1, 0.15) is 36.8 Å². The van der Waals surface area contributed by atoms with E-state index in [-0.39, 0.29) is 18.2 Å². The van der Waals surface area contributed by atoms with Gasteiger partial charge in [0.15, 0.2) is 0 Å². The normalized spacial score (nSPS) is 14.8. The van der Waals surface area contributed by atoms with E-state index in [4.69, 9.17) is 9.52 Å². The van der Waals surface area contributed by atoms with Crippen LogP contribution in [0, 0.1) is 0 Å². The Morgan fingerprint density at radius 3 is 2.43 bits per heavy atom. The molecule has 1 aromatic carbocycles. The smallest absolute Gasteiger partial charge is 0.371 e. The van der Waals surface area contributed by atoms with E-state index in [1.54, 1.807) is 6.07 Å². The van der Waals surface area contributed by atoms with Crippen molar-refractivity contribution in [2.75, 3.05) is 11.5 Å². The molecule has 120 valence electrons. The largest absolute Gasteiger partial charge is 0.475 e. The molecular formula is C16H15NO4S2. The lowest BCUT2D eigenvalue weighted by molar-refractivity contribution is 0.0660. The van der Waals surface area contributed by atoms with Gasteiger partial charge in [0.05, 0.1) is 11.1 Å². The highest BCUT2D eigenvalue weighted by atomic mass is 32.2. The third kappa shape index (κ3) is 3.92. The Kier molecular flexibility index (Phi) is 4.97. The van der Waals surface area contributed by atoms with Gasteiger partial charge in [0, 0.05) is 17.1 Å². The molecule has 1 aliphatic rings. The molecule has 1 fully saturated rings. The molecule has 3 rings (SSSR count). The van der Waals surface area contributed by atoms with E-state index in [1.165, 1.54) is 23.1 Å². The maximum atomic E-state index is 12.1. The number of amides is 1. The number of aromatic carboxylic acids is 1. The SMILES string of the molecule is O=C(NCc1ccc(C(=O)O)o1)c1ccc(C2SCCS2)cc1. The Morgan fingerprint density at radius 1 is 1.13 bits per heavy atom. The summed E-state index contributed by atoms with van der Waals surface area (Å²) in [5.41, 5.74) is 1.80. The van der Waals surface area contributed by atoms with Crippen LogP contribution < -0.4 is 5.32 Å². The summed E-state index contributed by atoms with van der Waals surface area (Å²) in [7, 11) is 0. The molecule has 0 spiro atoms. The third-order valence-corrected chi connectivity index (χ3v) is 6.47. The highest BCUT2D eigenvalue weighted by molar-refractivity contribution is 8.19. The summed E-state index contributed by atoms with van der Waals surface area (Å²) in [6.45, 7) is 0.155. The second kappa shape index (κ2) is 7.14. The molecule has 1 aromatic heterocycles. The van der Waals surface area contributed by atoms with Crippen LogP contribution in [0.3, 0.4) is 0 Å². The number of benzene rings is 1. The lowest BCUT2D eigenvalue weighted by Crippen LogP contribution is -2.22. The van der Waals surface area contributed by atoms with Crippen LogP contribution in [0.15, 0.2) is 40.8 Å². The maximum Gasteiger partial charge on any atom is 0.371 e. The zero-order chi connectivity index (χ0) is 16.2. The minimum atomic E-state index is -1.12. The van der Waals surface area contributed by atoms with E-state index >= 15 is 0 Å². The van der Waals surface area contributed by atoms with Gasteiger partial charge < -0.3 is 14.8 Å². The standard InChI is InChI=1S/C16H15NO4S2/c18-14(17-9-12-5-6-13(21-12)15(19)20)10-1-3-11(4-2-10)16-22-7-8-23-16/h1-6,16H,7-9H2,(H,17,18)(H,19,20). The van der Waals surface area contributed by atoms with Gasteiger partial charge in [-0.1, -0.05) is 12.1 Å². The van der Waals surface area contributed by atoms with E-state index in [9.17, 15) is 9.59 Å². The quantitative estimate of drug-likeness (QED) is 0.861. The Labute approximate surface area is 141 Å². The number of furan rings is 1. The summed E-state index contributed by atoms with van der Waals surface area (Å²) in [6, 6.07) is 10.5. The number of thioether (sulfide) groups is 2. The van der Waals surface area contributed by atoms with Crippen molar-refractivity contribution < 1.29 is 19.1 Å². The van der Waals surface area contributed by atoms with Crippen molar-refractivity contribution in [3.63, 3.8) is 0 Å². The summed E-state index contributed by atoms with van der Waals surface area (Å²) in [6.07, 6.45) is 0. The van der Waals surface area contributed by atoms with Gasteiger partial charge in [-0.3, -0.25) is 4.79 Å². The molecule has 0 radical (unpaired) electrons. The van der Waals surface area contributed by atoms with E-state index in [2.05, 4.69) is 5.32 Å². The maximum absolute atomic E-state index is 12.1. The molecular weight excluding hydrogens is 334 g/mol. The number of carbonyl (C=O) groups is 2. The first-order valence-electron chi connectivity index (χ1n) is 7.07. The first-order valence-corrected chi connectivity index (χ1v) is 9.16. The Morgan fingerprint density at radius 2 is 1.83 bits per heavy atom. The number of hydrogen-bond acceptors (Lipinski definition) is 5. The van der Waals surface area contributed by atoms with Gasteiger partial charge >= 0.3 is 5.97 Å². The molecule has 1 aliphatic heterocycles. The van der Waals surface area contributed by atoms with Gasteiger partial charge in [-0.15, -0.1) is 23.5 Å². The molecule has 1 saturated heterocycles. The average Bonchev–Trinajstić information content (AvgIpc) is 3.24. The molecule has 0 bridgehead atoms. The molecule has 23 heavy (non-hydrogen) atoms. The fourth-order valence-corrected chi connectivity index (χ4v) is 5.06. The number of carbonyl (C=O) groups excluding carboxylic acids is 1. The predicted molar refractivity (Wildman–Crippen MR) is 90.9 cm³/mol. The Bertz CT molecular complexity index is 705. The van der Waals surface area contributed by atoms with Gasteiger partial charge in [0.2, 0.25) is 5.76 Å². The van der Waals surface area contributed by atoms with Crippen molar-refractivity contribution in [2.45, 2.75) is 11.1 Å². The van der Waals surface area contributed by atoms with E-state index < -0.39 is 5.97 Å². The van der Waals surface area contributed by atoms with Crippen molar-refractivity contribution in [1.29, 1.82) is 0 Å². The summed E-state index contributed by atoms with van der Waals surface area (Å²) in [5.74, 6) is 1.27. The van der Waals surface area contributed by atoms with E-state index in [0.29, 0.717) is 15.9 Å². The number of hydrogen-bond donors (Lipinski definition) is 2. The zero-order valence-electron chi connectivity index (χ0n) is 12.2. The molecule has 2 heterocycles. The number of rotatable bonds is 5. The summed E-state index contributed by atoms with van der Waals surface area (Å²) >= 11 is 3.85. The number of nitrogens with one attached hydrogen (secondary N) is 1. The Hall–Kier alpha value is -1.86. The van der Waals surface area contributed by atoms with Crippen LogP contribution in [0.4, 0.5) is 0 Å². The second-order valence-corrected chi connectivity index (χ2v) is 7.67. The molecule has 5 nitrogen and oxygen atoms in total. The highest BCUT2D eigenvalue weighted by Crippen LogP contribution is 2.45. The fourth-order valence-electron chi connectivity index (χ4n) is 2.20. The molecule has 1 amide bonds. The fraction of sp³-hybridized carbons (Fsp3) is 0.250. The van der Waals surface area contributed by atoms with Crippen LogP contribution >= 0.6 is 23.5 Å². The molecule has 0 atom stereocenters. The van der Waals surface area contributed by atoms with Gasteiger partial charge in [0.1, 0.15) is 5.76 Å². The summed E-state index contributed by atoms with van der Waals surface area (Å²) in [4.78, 5) is 22.8. The average molecular weight is 349 g/mol. The molecule has 7 heteroatoms. The lowest BCUT2D eigenvalue weighted by Gasteiger charge is -2.09. The van der Waals surface area contributed by atoms with E-state index in [0.717, 1.165) is 0 Å². The van der Waals surface area contributed by atoms with Gasteiger partial charge in [0.25, 0.3) is 5.91 Å². The van der Waals surface area contributed by atoms with Crippen LogP contribution in [0.2, 0.25) is 0 Å². The topological polar surface area (TPSA) is 79.5 Å². The van der Waals surface area contributed by atoms with Gasteiger partial charge in [-0.25, -0.2) is 4.79 Å². The highest BCUT2D eigenvalue weighted by Gasteiger charge is 2.18. The molecule has 0 unspecified atom stereocenters. The minimum absolute atomic E-state index is 0.134. The third-order valence-electron chi connectivity index (χ3n) is 3.36. The number of carboxylic acid groups (broad SMARTS) is 1. The monoisotopic (exact) mass is 349 g/mol. The van der Waals surface area contributed by atoms with E-state index in [1.807, 2.05) is 47.8 Å².